The summed E-state index contributed by atoms with van der Waals surface area (Å²) in [6.07, 6.45) is 1.66. The van der Waals surface area contributed by atoms with Gasteiger partial charge in [-0.1, -0.05) is 0 Å². The second-order valence-electron chi connectivity index (χ2n) is 3.71. The molecule has 0 amide bonds. The molecule has 0 bridgehead atoms. The molecule has 17 heavy (non-hydrogen) atoms. The van der Waals surface area contributed by atoms with Gasteiger partial charge in [0, 0.05) is 17.2 Å². The number of halogens is 1. The van der Waals surface area contributed by atoms with Crippen molar-refractivity contribution in [1.82, 2.24) is 0 Å². The van der Waals surface area contributed by atoms with E-state index in [4.69, 9.17) is 9.68 Å². The maximum Gasteiger partial charge on any atom is 0.123 e. The van der Waals surface area contributed by atoms with Gasteiger partial charge in [-0.3, -0.25) is 0 Å². The molecule has 0 fully saturated rings. The van der Waals surface area contributed by atoms with Gasteiger partial charge < -0.3 is 9.32 Å². The second kappa shape index (κ2) is 5.07. The van der Waals surface area contributed by atoms with E-state index in [0.717, 1.165) is 15.9 Å². The van der Waals surface area contributed by atoms with Gasteiger partial charge in [-0.05, 0) is 46.3 Å². The zero-order chi connectivity index (χ0) is 12.3. The van der Waals surface area contributed by atoms with Crippen LogP contribution in [-0.2, 0) is 6.54 Å². The summed E-state index contributed by atoms with van der Waals surface area (Å²) in [7, 11) is 1.98. The molecule has 86 valence electrons. The molecule has 0 atom stereocenters. The van der Waals surface area contributed by atoms with Crippen molar-refractivity contribution in [3.63, 3.8) is 0 Å². The maximum absolute atomic E-state index is 8.85. The highest BCUT2D eigenvalue weighted by Crippen LogP contribution is 2.24. The molecule has 0 unspecified atom stereocenters. The van der Waals surface area contributed by atoms with E-state index in [9.17, 15) is 0 Å². The van der Waals surface area contributed by atoms with Gasteiger partial charge in [0.1, 0.15) is 11.8 Å². The van der Waals surface area contributed by atoms with E-state index in [1.54, 1.807) is 12.3 Å². The zero-order valence-corrected chi connectivity index (χ0v) is 10.9. The van der Waals surface area contributed by atoms with Crippen molar-refractivity contribution >= 4 is 21.6 Å². The third-order valence-electron chi connectivity index (χ3n) is 2.49. The molecule has 0 aliphatic heterocycles. The Morgan fingerprint density at radius 2 is 2.24 bits per heavy atom. The van der Waals surface area contributed by atoms with E-state index < -0.39 is 0 Å². The van der Waals surface area contributed by atoms with Crippen LogP contribution in [0.15, 0.2) is 45.5 Å². The third kappa shape index (κ3) is 2.69. The molecule has 0 N–H and O–H groups in total. The number of nitrogens with zero attached hydrogens (tertiary/aromatic N) is 2. The second-order valence-corrected chi connectivity index (χ2v) is 4.57. The molecule has 0 aliphatic rings. The zero-order valence-electron chi connectivity index (χ0n) is 9.35. The molecule has 0 saturated carbocycles. The summed E-state index contributed by atoms with van der Waals surface area (Å²) in [5.74, 6) is 0.910. The van der Waals surface area contributed by atoms with Crippen molar-refractivity contribution < 1.29 is 4.42 Å². The minimum atomic E-state index is 0.639. The smallest absolute Gasteiger partial charge is 0.123 e. The first-order valence-corrected chi connectivity index (χ1v) is 5.93. The van der Waals surface area contributed by atoms with Crippen molar-refractivity contribution in [1.29, 1.82) is 5.26 Å². The molecule has 1 aromatic heterocycles. The first-order valence-electron chi connectivity index (χ1n) is 5.14. The van der Waals surface area contributed by atoms with Gasteiger partial charge in [-0.15, -0.1) is 0 Å². The van der Waals surface area contributed by atoms with Crippen molar-refractivity contribution in [2.45, 2.75) is 6.54 Å². The fourth-order valence-electron chi connectivity index (χ4n) is 1.56. The lowest BCUT2D eigenvalue weighted by atomic mass is 10.2. The predicted molar refractivity (Wildman–Crippen MR) is 69.7 cm³/mol. The minimum absolute atomic E-state index is 0.639. The Morgan fingerprint density at radius 1 is 1.41 bits per heavy atom. The average Bonchev–Trinajstić information content (AvgIpc) is 2.81. The Labute approximate surface area is 108 Å². The number of rotatable bonds is 3. The summed E-state index contributed by atoms with van der Waals surface area (Å²) in [4.78, 5) is 2.06. The Kier molecular flexibility index (Phi) is 3.50. The molecule has 1 aromatic carbocycles. The van der Waals surface area contributed by atoms with Gasteiger partial charge in [-0.25, -0.2) is 0 Å². The van der Waals surface area contributed by atoms with Crippen LogP contribution in [0.3, 0.4) is 0 Å². The average molecular weight is 291 g/mol. The topological polar surface area (TPSA) is 40.2 Å². The van der Waals surface area contributed by atoms with E-state index >= 15 is 0 Å². The van der Waals surface area contributed by atoms with Gasteiger partial charge in [0.15, 0.2) is 0 Å². The molecule has 0 radical (unpaired) electrons. The summed E-state index contributed by atoms with van der Waals surface area (Å²) >= 11 is 3.38. The quantitative estimate of drug-likeness (QED) is 0.868. The Balaban J connectivity index is 2.17. The Hall–Kier alpha value is -1.73. The molecule has 0 saturated heterocycles. The van der Waals surface area contributed by atoms with Crippen LogP contribution in [0.25, 0.3) is 0 Å². The molecule has 2 rings (SSSR count). The highest BCUT2D eigenvalue weighted by molar-refractivity contribution is 9.10. The molecule has 0 aliphatic carbocycles. The van der Waals surface area contributed by atoms with Crippen LogP contribution in [0.1, 0.15) is 11.3 Å². The molecular formula is C13H11BrN2O. The van der Waals surface area contributed by atoms with Gasteiger partial charge >= 0.3 is 0 Å². The summed E-state index contributed by atoms with van der Waals surface area (Å²) in [6, 6.07) is 11.6. The van der Waals surface area contributed by atoms with Crippen molar-refractivity contribution in [2.24, 2.45) is 0 Å². The normalized spacial score (nSPS) is 9.94. The molecule has 4 heteroatoms. The van der Waals surface area contributed by atoms with Gasteiger partial charge in [-0.2, -0.15) is 5.26 Å². The van der Waals surface area contributed by atoms with E-state index in [0.29, 0.717) is 12.1 Å². The fourth-order valence-corrected chi connectivity index (χ4v) is 2.02. The number of hydrogen-bond donors (Lipinski definition) is 0. The fraction of sp³-hybridized carbons (Fsp3) is 0.154. The van der Waals surface area contributed by atoms with Crippen LogP contribution in [-0.4, -0.2) is 7.05 Å². The van der Waals surface area contributed by atoms with E-state index in [-0.39, 0.29) is 0 Å². The van der Waals surface area contributed by atoms with E-state index in [1.165, 1.54) is 0 Å². The summed E-state index contributed by atoms with van der Waals surface area (Å²) in [5.41, 5.74) is 1.67. The minimum Gasteiger partial charge on any atom is -0.467 e. The monoisotopic (exact) mass is 290 g/mol. The highest BCUT2D eigenvalue weighted by atomic mass is 79.9. The van der Waals surface area contributed by atoms with Crippen LogP contribution >= 0.6 is 15.9 Å². The van der Waals surface area contributed by atoms with E-state index in [2.05, 4.69) is 26.9 Å². The lowest BCUT2D eigenvalue weighted by molar-refractivity contribution is 0.507. The van der Waals surface area contributed by atoms with Gasteiger partial charge in [0.25, 0.3) is 0 Å². The van der Waals surface area contributed by atoms with Crippen LogP contribution in [0.5, 0.6) is 0 Å². The number of furan rings is 1. The van der Waals surface area contributed by atoms with Crippen LogP contribution in [0.2, 0.25) is 0 Å². The molecule has 2 aromatic rings. The SMILES string of the molecule is CN(Cc1ccco1)c1ccc(C#N)c(Br)c1. The number of hydrogen-bond acceptors (Lipinski definition) is 3. The van der Waals surface area contributed by atoms with Crippen LogP contribution in [0.4, 0.5) is 5.69 Å². The molecule has 3 nitrogen and oxygen atoms in total. The predicted octanol–water partition coefficient (Wildman–Crippen LogP) is 3.55. The molecular weight excluding hydrogens is 280 g/mol. The summed E-state index contributed by atoms with van der Waals surface area (Å²) < 4.78 is 6.10. The third-order valence-corrected chi connectivity index (χ3v) is 3.14. The summed E-state index contributed by atoms with van der Waals surface area (Å²) in [5, 5.41) is 8.85. The number of nitriles is 1. The van der Waals surface area contributed by atoms with Gasteiger partial charge in [0.2, 0.25) is 0 Å². The van der Waals surface area contributed by atoms with Crippen molar-refractivity contribution in [3.05, 3.63) is 52.4 Å². The van der Waals surface area contributed by atoms with Crippen molar-refractivity contribution in [3.8, 4) is 6.07 Å². The Bertz CT molecular complexity index is 543. The first-order chi connectivity index (χ1) is 8.20. The van der Waals surface area contributed by atoms with Crippen molar-refractivity contribution in [2.75, 3.05) is 11.9 Å². The standard InChI is InChI=1S/C13H11BrN2O/c1-16(9-12-3-2-6-17-12)11-5-4-10(8-15)13(14)7-11/h2-7H,9H2,1H3. The number of anilines is 1. The first kappa shape index (κ1) is 11.7. The Morgan fingerprint density at radius 3 is 2.82 bits per heavy atom. The van der Waals surface area contributed by atoms with Gasteiger partial charge in [0.05, 0.1) is 18.4 Å². The highest BCUT2D eigenvalue weighted by Gasteiger charge is 2.06. The van der Waals surface area contributed by atoms with Crippen LogP contribution < -0.4 is 4.90 Å². The molecule has 0 spiro atoms. The number of benzene rings is 1. The van der Waals surface area contributed by atoms with Crippen LogP contribution in [0, 0.1) is 11.3 Å². The lowest BCUT2D eigenvalue weighted by Crippen LogP contribution is -2.15. The summed E-state index contributed by atoms with van der Waals surface area (Å²) in [6.45, 7) is 0.700. The largest absolute Gasteiger partial charge is 0.467 e. The molecule has 1 heterocycles. The van der Waals surface area contributed by atoms with E-state index in [1.807, 2.05) is 31.3 Å². The lowest BCUT2D eigenvalue weighted by Gasteiger charge is -2.18. The maximum atomic E-state index is 8.85.